The predicted octanol–water partition coefficient (Wildman–Crippen LogP) is 1.48. The summed E-state index contributed by atoms with van der Waals surface area (Å²) in [5.74, 6) is 0.160. The fourth-order valence-corrected chi connectivity index (χ4v) is 3.38. The van der Waals surface area contributed by atoms with Crippen molar-refractivity contribution in [1.82, 2.24) is 15.5 Å². The molecule has 2 N–H and O–H groups in total. The van der Waals surface area contributed by atoms with E-state index < -0.39 is 0 Å². The molecule has 2 fully saturated rings. The van der Waals surface area contributed by atoms with Crippen molar-refractivity contribution in [3.63, 3.8) is 0 Å². The molecule has 0 bridgehead atoms. The quantitative estimate of drug-likeness (QED) is 0.881. The molecule has 0 radical (unpaired) electrons. The van der Waals surface area contributed by atoms with Gasteiger partial charge in [0, 0.05) is 25.7 Å². The first-order valence-corrected chi connectivity index (χ1v) is 8.01. The molecule has 1 aliphatic heterocycles. The van der Waals surface area contributed by atoms with Crippen LogP contribution in [0.1, 0.15) is 31.7 Å². The Morgan fingerprint density at radius 1 is 1.38 bits per heavy atom. The summed E-state index contributed by atoms with van der Waals surface area (Å²) >= 11 is 0. The summed E-state index contributed by atoms with van der Waals surface area (Å²) in [6.45, 7) is 5.58. The molecule has 114 valence electrons. The minimum Gasteiger partial charge on any atom is -0.345 e. The third-order valence-electron chi connectivity index (χ3n) is 4.90. The van der Waals surface area contributed by atoms with E-state index in [0.29, 0.717) is 12.6 Å². The summed E-state index contributed by atoms with van der Waals surface area (Å²) in [5, 5.41) is 6.67. The van der Waals surface area contributed by atoms with E-state index in [9.17, 15) is 4.79 Å². The average Bonchev–Trinajstić information content (AvgIpc) is 2.46. The van der Waals surface area contributed by atoms with Gasteiger partial charge in [-0.05, 0) is 31.7 Å². The van der Waals surface area contributed by atoms with E-state index in [1.165, 1.54) is 12.0 Å². The molecule has 1 atom stereocenters. The van der Waals surface area contributed by atoms with E-state index in [1.807, 2.05) is 6.07 Å². The number of rotatable bonds is 4. The zero-order chi connectivity index (χ0) is 14.7. The molecule has 2 aliphatic rings. The zero-order valence-corrected chi connectivity index (χ0v) is 12.8. The van der Waals surface area contributed by atoms with Crippen molar-refractivity contribution >= 4 is 5.91 Å². The number of hydrogen-bond acceptors (Lipinski definition) is 3. The highest BCUT2D eigenvalue weighted by Gasteiger charge is 2.40. The maximum absolute atomic E-state index is 12.5. The topological polar surface area (TPSA) is 44.4 Å². The van der Waals surface area contributed by atoms with E-state index >= 15 is 0 Å². The van der Waals surface area contributed by atoms with Gasteiger partial charge < -0.3 is 10.6 Å². The van der Waals surface area contributed by atoms with Crippen molar-refractivity contribution < 1.29 is 4.79 Å². The maximum Gasteiger partial charge on any atom is 0.234 e. The van der Waals surface area contributed by atoms with Gasteiger partial charge >= 0.3 is 0 Å². The molecule has 21 heavy (non-hydrogen) atoms. The molecule has 1 saturated heterocycles. The van der Waals surface area contributed by atoms with Crippen molar-refractivity contribution in [3.05, 3.63) is 35.9 Å². The highest BCUT2D eigenvalue weighted by molar-refractivity contribution is 5.79. The standard InChI is InChI=1S/C17H25N3O/c1-14-12-18-10-11-20(14)13-16(21)19-17(8-5-9-17)15-6-3-2-4-7-15/h2-4,6-7,14,18H,5,8-13H2,1H3,(H,19,21)/t14-/m0/s1. The van der Waals surface area contributed by atoms with Crippen LogP contribution in [0.15, 0.2) is 30.3 Å². The zero-order valence-electron chi connectivity index (χ0n) is 12.8. The third-order valence-corrected chi connectivity index (χ3v) is 4.90. The van der Waals surface area contributed by atoms with Crippen LogP contribution in [0.4, 0.5) is 0 Å². The number of carbonyl (C=O) groups excluding carboxylic acids is 1. The summed E-state index contributed by atoms with van der Waals surface area (Å²) in [6.07, 6.45) is 3.30. The van der Waals surface area contributed by atoms with Crippen LogP contribution in [0, 0.1) is 0 Å². The summed E-state index contributed by atoms with van der Waals surface area (Å²) in [7, 11) is 0. The maximum atomic E-state index is 12.5. The van der Waals surface area contributed by atoms with Gasteiger partial charge in [-0.15, -0.1) is 0 Å². The molecule has 1 heterocycles. The molecule has 1 aliphatic carbocycles. The molecule has 0 aromatic heterocycles. The van der Waals surface area contributed by atoms with Crippen LogP contribution in [-0.4, -0.2) is 43.0 Å². The SMILES string of the molecule is C[C@H]1CNCCN1CC(=O)NC1(c2ccccc2)CCC1. The van der Waals surface area contributed by atoms with Gasteiger partial charge in [0.1, 0.15) is 0 Å². The van der Waals surface area contributed by atoms with E-state index in [4.69, 9.17) is 0 Å². The Kier molecular flexibility index (Phi) is 4.27. The number of benzene rings is 1. The van der Waals surface area contributed by atoms with Crippen molar-refractivity contribution in [3.8, 4) is 0 Å². The molecule has 1 aromatic rings. The Bertz CT molecular complexity index is 484. The molecule has 0 unspecified atom stereocenters. The lowest BCUT2D eigenvalue weighted by molar-refractivity contribution is -0.126. The minimum atomic E-state index is -0.115. The number of nitrogens with zero attached hydrogens (tertiary/aromatic N) is 1. The summed E-state index contributed by atoms with van der Waals surface area (Å²) < 4.78 is 0. The number of carbonyl (C=O) groups is 1. The number of piperazine rings is 1. The summed E-state index contributed by atoms with van der Waals surface area (Å²) in [4.78, 5) is 14.7. The van der Waals surface area contributed by atoms with Gasteiger partial charge in [0.05, 0.1) is 12.1 Å². The first-order valence-electron chi connectivity index (χ1n) is 8.01. The molecule has 4 nitrogen and oxygen atoms in total. The first-order chi connectivity index (χ1) is 10.2. The molecule has 1 amide bonds. The Balaban J connectivity index is 1.63. The predicted molar refractivity (Wildman–Crippen MR) is 84.0 cm³/mol. The fourth-order valence-electron chi connectivity index (χ4n) is 3.38. The minimum absolute atomic E-state index is 0.115. The summed E-state index contributed by atoms with van der Waals surface area (Å²) in [5.41, 5.74) is 1.13. The van der Waals surface area contributed by atoms with Crippen LogP contribution >= 0.6 is 0 Å². The van der Waals surface area contributed by atoms with Gasteiger partial charge in [0.25, 0.3) is 0 Å². The molecule has 3 rings (SSSR count). The van der Waals surface area contributed by atoms with Crippen molar-refractivity contribution in [1.29, 1.82) is 0 Å². The van der Waals surface area contributed by atoms with E-state index in [0.717, 1.165) is 32.5 Å². The highest BCUT2D eigenvalue weighted by Crippen LogP contribution is 2.41. The van der Waals surface area contributed by atoms with Crippen LogP contribution < -0.4 is 10.6 Å². The number of nitrogens with one attached hydrogen (secondary N) is 2. The normalized spacial score (nSPS) is 25.1. The Morgan fingerprint density at radius 3 is 2.76 bits per heavy atom. The molecule has 1 aromatic carbocycles. The van der Waals surface area contributed by atoms with E-state index in [-0.39, 0.29) is 11.4 Å². The lowest BCUT2D eigenvalue weighted by Gasteiger charge is -2.44. The van der Waals surface area contributed by atoms with Crippen LogP contribution in [0.2, 0.25) is 0 Å². The van der Waals surface area contributed by atoms with Crippen molar-refractivity contribution in [2.45, 2.75) is 37.8 Å². The third kappa shape index (κ3) is 3.11. The summed E-state index contributed by atoms with van der Waals surface area (Å²) in [6, 6.07) is 10.8. The van der Waals surface area contributed by atoms with Gasteiger partial charge in [0.15, 0.2) is 0 Å². The highest BCUT2D eigenvalue weighted by atomic mass is 16.2. The molecule has 0 spiro atoms. The molecule has 1 saturated carbocycles. The van der Waals surface area contributed by atoms with Gasteiger partial charge in [-0.3, -0.25) is 9.69 Å². The van der Waals surface area contributed by atoms with Crippen molar-refractivity contribution in [2.75, 3.05) is 26.2 Å². The van der Waals surface area contributed by atoms with E-state index in [2.05, 4.69) is 46.7 Å². The van der Waals surface area contributed by atoms with Gasteiger partial charge in [-0.2, -0.15) is 0 Å². The second-order valence-electron chi connectivity index (χ2n) is 6.37. The second kappa shape index (κ2) is 6.16. The Labute approximate surface area is 126 Å². The van der Waals surface area contributed by atoms with E-state index in [1.54, 1.807) is 0 Å². The van der Waals surface area contributed by atoms with Crippen molar-refractivity contribution in [2.24, 2.45) is 0 Å². The van der Waals surface area contributed by atoms with Crippen LogP contribution in [0.25, 0.3) is 0 Å². The second-order valence-corrected chi connectivity index (χ2v) is 6.37. The van der Waals surface area contributed by atoms with Gasteiger partial charge in [-0.1, -0.05) is 30.3 Å². The van der Waals surface area contributed by atoms with Gasteiger partial charge in [0.2, 0.25) is 5.91 Å². The average molecular weight is 287 g/mol. The largest absolute Gasteiger partial charge is 0.345 e. The Hall–Kier alpha value is -1.39. The molecular weight excluding hydrogens is 262 g/mol. The van der Waals surface area contributed by atoms with Crippen LogP contribution in [-0.2, 0) is 10.3 Å². The monoisotopic (exact) mass is 287 g/mol. The smallest absolute Gasteiger partial charge is 0.234 e. The van der Waals surface area contributed by atoms with Gasteiger partial charge in [-0.25, -0.2) is 0 Å². The Morgan fingerprint density at radius 2 is 2.14 bits per heavy atom. The molecular formula is C17H25N3O. The first kappa shape index (κ1) is 14.5. The van der Waals surface area contributed by atoms with Crippen LogP contribution in [0.5, 0.6) is 0 Å². The lowest BCUT2D eigenvalue weighted by atomic mass is 9.72. The lowest BCUT2D eigenvalue weighted by Crippen LogP contribution is -2.56. The molecule has 4 heteroatoms. The fraction of sp³-hybridized carbons (Fsp3) is 0.588. The number of hydrogen-bond donors (Lipinski definition) is 2. The van der Waals surface area contributed by atoms with Crippen LogP contribution in [0.3, 0.4) is 0 Å². The number of amides is 1.